The van der Waals surface area contributed by atoms with Crippen LogP contribution in [0.5, 0.6) is 5.75 Å². The zero-order valence-electron chi connectivity index (χ0n) is 16.6. The van der Waals surface area contributed by atoms with Gasteiger partial charge in [0.25, 0.3) is 0 Å². The number of carbonyl (C=O) groups excluding carboxylic acids is 1. The smallest absolute Gasteiger partial charge is 0.153 e. The van der Waals surface area contributed by atoms with E-state index in [0.717, 1.165) is 11.8 Å². The lowest BCUT2D eigenvalue weighted by Gasteiger charge is -2.27. The number of aldehydes is 1. The van der Waals surface area contributed by atoms with Crippen molar-refractivity contribution in [2.24, 2.45) is 0 Å². The third-order valence-corrected chi connectivity index (χ3v) is 4.45. The van der Waals surface area contributed by atoms with Gasteiger partial charge in [-0.1, -0.05) is 71.4 Å². The second-order valence-corrected chi connectivity index (χ2v) is 8.82. The van der Waals surface area contributed by atoms with E-state index in [-0.39, 0.29) is 10.8 Å². The molecule has 134 valence electrons. The van der Waals surface area contributed by atoms with Crippen molar-refractivity contribution >= 4 is 6.29 Å². The number of hydrogen-bond donors (Lipinski definition) is 0. The van der Waals surface area contributed by atoms with Crippen LogP contribution in [0.25, 0.3) is 0 Å². The van der Waals surface area contributed by atoms with Crippen LogP contribution in [-0.4, -0.2) is 6.29 Å². The van der Waals surface area contributed by atoms with Crippen molar-refractivity contribution < 1.29 is 9.53 Å². The van der Waals surface area contributed by atoms with Gasteiger partial charge in [-0.2, -0.15) is 0 Å². The molecule has 0 unspecified atom stereocenters. The minimum absolute atomic E-state index is 0.0376. The largest absolute Gasteiger partial charge is 0.488 e. The minimum atomic E-state index is 0.0376. The van der Waals surface area contributed by atoms with E-state index in [1.807, 2.05) is 25.1 Å². The third kappa shape index (κ3) is 4.72. The maximum atomic E-state index is 11.3. The van der Waals surface area contributed by atoms with Gasteiger partial charge in [-0.3, -0.25) is 4.79 Å². The van der Waals surface area contributed by atoms with E-state index >= 15 is 0 Å². The average Bonchev–Trinajstić information content (AvgIpc) is 2.51. The highest BCUT2D eigenvalue weighted by molar-refractivity contribution is 5.79. The Hall–Kier alpha value is -2.09. The summed E-state index contributed by atoms with van der Waals surface area (Å²) in [7, 11) is 0. The maximum Gasteiger partial charge on any atom is 0.153 e. The number of aryl methyl sites for hydroxylation is 1. The quantitative estimate of drug-likeness (QED) is 0.641. The summed E-state index contributed by atoms with van der Waals surface area (Å²) in [4.78, 5) is 11.3. The second-order valence-electron chi connectivity index (χ2n) is 8.82. The molecular weight excluding hydrogens is 308 g/mol. The Bertz CT molecular complexity index is 759. The summed E-state index contributed by atoms with van der Waals surface area (Å²) in [5, 5.41) is 0. The maximum absolute atomic E-state index is 11.3. The molecule has 0 aliphatic rings. The highest BCUT2D eigenvalue weighted by Gasteiger charge is 2.22. The summed E-state index contributed by atoms with van der Waals surface area (Å²) in [5.41, 5.74) is 5.53. The first kappa shape index (κ1) is 19.2. The van der Waals surface area contributed by atoms with Crippen LogP contribution in [0.3, 0.4) is 0 Å². The Kier molecular flexibility index (Phi) is 5.41. The van der Waals surface area contributed by atoms with E-state index < -0.39 is 0 Å². The van der Waals surface area contributed by atoms with Crippen molar-refractivity contribution in [3.05, 3.63) is 64.2 Å². The van der Waals surface area contributed by atoms with Crippen molar-refractivity contribution in [3.8, 4) is 5.75 Å². The number of rotatable bonds is 4. The van der Waals surface area contributed by atoms with Crippen molar-refractivity contribution in [1.82, 2.24) is 0 Å². The van der Waals surface area contributed by atoms with Crippen molar-refractivity contribution in [3.63, 3.8) is 0 Å². The molecular formula is C23H30O2. The van der Waals surface area contributed by atoms with E-state index in [4.69, 9.17) is 4.74 Å². The highest BCUT2D eigenvalue weighted by atomic mass is 16.5. The fourth-order valence-electron chi connectivity index (χ4n) is 2.96. The fraction of sp³-hybridized carbons (Fsp3) is 0.435. The number of benzene rings is 2. The van der Waals surface area contributed by atoms with Crippen LogP contribution in [0.4, 0.5) is 0 Å². The van der Waals surface area contributed by atoms with E-state index in [2.05, 4.69) is 59.7 Å². The second kappa shape index (κ2) is 7.03. The molecule has 2 nitrogen and oxygen atoms in total. The molecule has 0 aromatic heterocycles. The van der Waals surface area contributed by atoms with Crippen molar-refractivity contribution in [1.29, 1.82) is 0 Å². The predicted molar refractivity (Wildman–Crippen MR) is 105 cm³/mol. The van der Waals surface area contributed by atoms with Crippen LogP contribution in [0.2, 0.25) is 0 Å². The van der Waals surface area contributed by atoms with Gasteiger partial charge in [0.15, 0.2) is 6.29 Å². The Morgan fingerprint density at radius 3 is 2.16 bits per heavy atom. The summed E-state index contributed by atoms with van der Waals surface area (Å²) in [5.74, 6) is 0.640. The Morgan fingerprint density at radius 2 is 1.60 bits per heavy atom. The molecule has 2 aromatic carbocycles. The van der Waals surface area contributed by atoms with Gasteiger partial charge in [-0.05, 0) is 46.6 Å². The van der Waals surface area contributed by atoms with E-state index in [0.29, 0.717) is 17.9 Å². The summed E-state index contributed by atoms with van der Waals surface area (Å²) >= 11 is 0. The van der Waals surface area contributed by atoms with Crippen LogP contribution in [-0.2, 0) is 17.4 Å². The first-order valence-corrected chi connectivity index (χ1v) is 8.85. The van der Waals surface area contributed by atoms with Gasteiger partial charge in [-0.25, -0.2) is 0 Å². The Morgan fingerprint density at radius 1 is 0.920 bits per heavy atom. The molecule has 0 radical (unpaired) electrons. The van der Waals surface area contributed by atoms with Crippen LogP contribution < -0.4 is 4.74 Å². The lowest BCUT2D eigenvalue weighted by Crippen LogP contribution is -2.18. The molecule has 2 aromatic rings. The zero-order valence-corrected chi connectivity index (χ0v) is 16.6. The molecule has 0 heterocycles. The van der Waals surface area contributed by atoms with Gasteiger partial charge < -0.3 is 4.74 Å². The van der Waals surface area contributed by atoms with Gasteiger partial charge in [0.2, 0.25) is 0 Å². The van der Waals surface area contributed by atoms with Crippen molar-refractivity contribution in [2.45, 2.75) is 65.9 Å². The average molecular weight is 338 g/mol. The highest BCUT2D eigenvalue weighted by Crippen LogP contribution is 2.32. The molecule has 25 heavy (non-hydrogen) atoms. The summed E-state index contributed by atoms with van der Waals surface area (Å²) in [6, 6.07) is 12.4. The van der Waals surface area contributed by atoms with Crippen LogP contribution in [0, 0.1) is 6.92 Å². The minimum Gasteiger partial charge on any atom is -0.488 e. The SMILES string of the molecule is Cc1ccc(OCc2cc(C(C)(C)C)ccc2C(C)(C)C)c(C=O)c1. The van der Waals surface area contributed by atoms with Gasteiger partial charge in [0.05, 0.1) is 5.56 Å². The molecule has 0 N–H and O–H groups in total. The van der Waals surface area contributed by atoms with E-state index in [9.17, 15) is 4.79 Å². The van der Waals surface area contributed by atoms with Crippen LogP contribution >= 0.6 is 0 Å². The first-order valence-electron chi connectivity index (χ1n) is 8.85. The molecule has 0 bridgehead atoms. The molecule has 0 fully saturated rings. The third-order valence-electron chi connectivity index (χ3n) is 4.45. The standard InChI is InChI=1S/C23H30O2/c1-16-8-11-21(17(12-16)14-24)25-15-18-13-19(22(2,3)4)9-10-20(18)23(5,6)7/h8-14H,15H2,1-7H3. The topological polar surface area (TPSA) is 26.3 Å². The molecule has 0 atom stereocenters. The van der Waals surface area contributed by atoms with Crippen molar-refractivity contribution in [2.75, 3.05) is 0 Å². The van der Waals surface area contributed by atoms with Gasteiger partial charge in [0.1, 0.15) is 12.4 Å². The summed E-state index contributed by atoms with van der Waals surface area (Å²) in [6.07, 6.45) is 0.860. The molecule has 0 saturated heterocycles. The molecule has 0 aliphatic carbocycles. The lowest BCUT2D eigenvalue weighted by atomic mass is 9.79. The zero-order chi connectivity index (χ0) is 18.8. The van der Waals surface area contributed by atoms with E-state index in [1.54, 1.807) is 0 Å². The van der Waals surface area contributed by atoms with Crippen LogP contribution in [0.15, 0.2) is 36.4 Å². The van der Waals surface area contributed by atoms with E-state index in [1.165, 1.54) is 16.7 Å². The number of carbonyl (C=O) groups is 1. The summed E-state index contributed by atoms with van der Waals surface area (Å²) in [6.45, 7) is 15.7. The lowest BCUT2D eigenvalue weighted by molar-refractivity contribution is 0.111. The molecule has 2 heteroatoms. The molecule has 0 spiro atoms. The van der Waals surface area contributed by atoms with Gasteiger partial charge in [0, 0.05) is 0 Å². The molecule has 0 amide bonds. The summed E-state index contributed by atoms with van der Waals surface area (Å²) < 4.78 is 6.04. The number of ether oxygens (including phenoxy) is 1. The predicted octanol–water partition coefficient (Wildman–Crippen LogP) is 5.98. The molecule has 0 saturated carbocycles. The molecule has 2 rings (SSSR count). The van der Waals surface area contributed by atoms with Gasteiger partial charge in [-0.15, -0.1) is 0 Å². The number of hydrogen-bond acceptors (Lipinski definition) is 2. The normalized spacial score (nSPS) is 12.1. The Balaban J connectivity index is 2.38. The van der Waals surface area contributed by atoms with Gasteiger partial charge >= 0.3 is 0 Å². The Labute approximate surface area is 152 Å². The first-order chi connectivity index (χ1) is 11.5. The fourth-order valence-corrected chi connectivity index (χ4v) is 2.96. The van der Waals surface area contributed by atoms with Crippen LogP contribution in [0.1, 0.15) is 74.2 Å². The molecule has 0 aliphatic heterocycles. The monoisotopic (exact) mass is 338 g/mol.